The molecule has 1 aromatic carbocycles. The number of benzene rings is 1. The van der Waals surface area contributed by atoms with Crippen LogP contribution in [0.25, 0.3) is 0 Å². The van der Waals surface area contributed by atoms with E-state index in [0.717, 1.165) is 21.1 Å². The molecule has 154 valence electrons. The van der Waals surface area contributed by atoms with E-state index < -0.39 is 29.3 Å². The molecule has 0 saturated carbocycles. The number of hydrogen-bond donors (Lipinski definition) is 1. The SMILES string of the molecule is CCC(=O)N1CCN2c3ccc(N)cc3CC3(C(=O)N(C)C(=O)N(C)C3=O)[C@@H]2C1. The lowest BCUT2D eigenvalue weighted by Crippen LogP contribution is -2.75. The number of nitrogen functional groups attached to an aromatic ring is 1. The van der Waals surface area contributed by atoms with E-state index in [-0.39, 0.29) is 18.9 Å². The fourth-order valence-electron chi connectivity index (χ4n) is 4.91. The van der Waals surface area contributed by atoms with Gasteiger partial charge in [-0.1, -0.05) is 6.92 Å². The molecule has 0 radical (unpaired) electrons. The van der Waals surface area contributed by atoms with Crippen LogP contribution >= 0.6 is 0 Å². The minimum Gasteiger partial charge on any atom is -0.399 e. The van der Waals surface area contributed by atoms with E-state index >= 15 is 0 Å². The maximum atomic E-state index is 13.5. The molecule has 2 fully saturated rings. The lowest BCUT2D eigenvalue weighted by molar-refractivity contribution is -0.161. The molecule has 29 heavy (non-hydrogen) atoms. The first-order valence-electron chi connectivity index (χ1n) is 9.75. The average molecular weight is 399 g/mol. The zero-order valence-electron chi connectivity index (χ0n) is 16.8. The summed E-state index contributed by atoms with van der Waals surface area (Å²) in [7, 11) is 2.79. The molecule has 3 aliphatic heterocycles. The van der Waals surface area contributed by atoms with Crippen LogP contribution in [-0.4, -0.2) is 78.2 Å². The van der Waals surface area contributed by atoms with Gasteiger partial charge in [-0.2, -0.15) is 0 Å². The smallest absolute Gasteiger partial charge is 0.332 e. The predicted octanol–water partition coefficient (Wildman–Crippen LogP) is 0.289. The molecule has 0 aromatic heterocycles. The van der Waals surface area contributed by atoms with E-state index in [9.17, 15) is 19.2 Å². The van der Waals surface area contributed by atoms with Crippen molar-refractivity contribution in [1.82, 2.24) is 14.7 Å². The van der Waals surface area contributed by atoms with Gasteiger partial charge in [0.05, 0.1) is 6.04 Å². The number of fused-ring (bicyclic) bond motifs is 4. The van der Waals surface area contributed by atoms with Crippen LogP contribution in [0.5, 0.6) is 0 Å². The number of nitrogens with zero attached hydrogens (tertiary/aromatic N) is 4. The van der Waals surface area contributed by atoms with Gasteiger partial charge in [0.15, 0.2) is 5.41 Å². The topological polar surface area (TPSA) is 107 Å². The standard InChI is InChI=1S/C20H25N5O4/c1-4-16(26)24-7-8-25-14-6-5-13(21)9-12(14)10-20(15(25)11-24)17(27)22(2)19(29)23(3)18(20)28/h5-6,9,15H,4,7-8,10-11,21H2,1-3H3/t15-/m0/s1. The van der Waals surface area contributed by atoms with Crippen LogP contribution < -0.4 is 10.6 Å². The van der Waals surface area contributed by atoms with Crippen LogP contribution in [0.2, 0.25) is 0 Å². The summed E-state index contributed by atoms with van der Waals surface area (Å²) in [5.74, 6) is -1.07. The lowest BCUT2D eigenvalue weighted by Gasteiger charge is -2.56. The van der Waals surface area contributed by atoms with Crippen molar-refractivity contribution in [3.63, 3.8) is 0 Å². The Morgan fingerprint density at radius 2 is 1.79 bits per heavy atom. The zero-order chi connectivity index (χ0) is 21.1. The van der Waals surface area contributed by atoms with Crippen LogP contribution in [0.15, 0.2) is 18.2 Å². The van der Waals surface area contributed by atoms with Gasteiger partial charge < -0.3 is 15.5 Å². The monoisotopic (exact) mass is 399 g/mol. The number of amides is 5. The van der Waals surface area contributed by atoms with Gasteiger partial charge in [-0.05, 0) is 30.2 Å². The molecule has 0 bridgehead atoms. The number of piperazine rings is 1. The summed E-state index contributed by atoms with van der Waals surface area (Å²) in [6.45, 7) is 3.05. The summed E-state index contributed by atoms with van der Waals surface area (Å²) in [5, 5.41) is 0. The second-order valence-corrected chi connectivity index (χ2v) is 7.95. The summed E-state index contributed by atoms with van der Waals surface area (Å²) in [6, 6.07) is 4.28. The first kappa shape index (κ1) is 19.2. The van der Waals surface area contributed by atoms with Gasteiger partial charge in [0, 0.05) is 51.5 Å². The van der Waals surface area contributed by atoms with Crippen molar-refractivity contribution < 1.29 is 19.2 Å². The molecule has 9 nitrogen and oxygen atoms in total. The zero-order valence-corrected chi connectivity index (χ0v) is 16.8. The normalized spacial score (nSPS) is 23.4. The van der Waals surface area contributed by atoms with E-state index in [4.69, 9.17) is 5.73 Å². The third kappa shape index (κ3) is 2.53. The number of urea groups is 1. The molecule has 0 aliphatic carbocycles. The minimum absolute atomic E-state index is 0.0172. The van der Waals surface area contributed by atoms with Crippen molar-refractivity contribution in [2.24, 2.45) is 5.41 Å². The Hall–Kier alpha value is -3.10. The number of anilines is 2. The van der Waals surface area contributed by atoms with Crippen molar-refractivity contribution in [2.45, 2.75) is 25.8 Å². The van der Waals surface area contributed by atoms with Crippen molar-refractivity contribution in [3.05, 3.63) is 23.8 Å². The number of nitrogens with two attached hydrogens (primary N) is 1. The number of barbiturate groups is 1. The summed E-state index contributed by atoms with van der Waals surface area (Å²) in [5.41, 5.74) is 6.76. The van der Waals surface area contributed by atoms with Crippen molar-refractivity contribution >= 4 is 35.1 Å². The molecule has 4 rings (SSSR count). The number of rotatable bonds is 1. The lowest BCUT2D eigenvalue weighted by atomic mass is 9.67. The Kier molecular flexibility index (Phi) is 4.29. The highest BCUT2D eigenvalue weighted by molar-refractivity contribution is 6.20. The van der Waals surface area contributed by atoms with Gasteiger partial charge in [-0.3, -0.25) is 24.2 Å². The second kappa shape index (κ2) is 6.47. The molecule has 5 amide bonds. The van der Waals surface area contributed by atoms with Gasteiger partial charge in [0.25, 0.3) is 0 Å². The second-order valence-electron chi connectivity index (χ2n) is 7.95. The van der Waals surface area contributed by atoms with E-state index in [1.807, 2.05) is 11.0 Å². The Morgan fingerprint density at radius 3 is 2.41 bits per heavy atom. The molecule has 2 saturated heterocycles. The van der Waals surface area contributed by atoms with E-state index in [0.29, 0.717) is 25.2 Å². The van der Waals surface area contributed by atoms with Crippen molar-refractivity contribution in [2.75, 3.05) is 44.4 Å². The van der Waals surface area contributed by atoms with Crippen LogP contribution in [0.3, 0.4) is 0 Å². The molecule has 3 aliphatic rings. The first-order chi connectivity index (χ1) is 13.7. The molecular weight excluding hydrogens is 374 g/mol. The third-order valence-electron chi connectivity index (χ3n) is 6.43. The maximum Gasteiger partial charge on any atom is 0.332 e. The summed E-state index contributed by atoms with van der Waals surface area (Å²) in [6.07, 6.45) is 0.495. The number of imide groups is 2. The molecule has 3 heterocycles. The minimum atomic E-state index is -1.48. The Bertz CT molecular complexity index is 905. The van der Waals surface area contributed by atoms with Gasteiger partial charge in [0.2, 0.25) is 17.7 Å². The van der Waals surface area contributed by atoms with Gasteiger partial charge in [-0.25, -0.2) is 4.79 Å². The first-order valence-corrected chi connectivity index (χ1v) is 9.75. The van der Waals surface area contributed by atoms with Crippen LogP contribution in [0, 0.1) is 5.41 Å². The molecule has 1 aromatic rings. The van der Waals surface area contributed by atoms with E-state index in [2.05, 4.69) is 0 Å². The molecule has 0 unspecified atom stereocenters. The van der Waals surface area contributed by atoms with Gasteiger partial charge >= 0.3 is 6.03 Å². The number of carbonyl (C=O) groups excluding carboxylic acids is 4. The number of hydrogen-bond acceptors (Lipinski definition) is 6. The summed E-state index contributed by atoms with van der Waals surface area (Å²) < 4.78 is 0. The maximum absolute atomic E-state index is 13.5. The Balaban J connectivity index is 1.89. The fraction of sp³-hybridized carbons (Fsp3) is 0.500. The van der Waals surface area contributed by atoms with Crippen LogP contribution in [0.1, 0.15) is 18.9 Å². The van der Waals surface area contributed by atoms with Gasteiger partial charge in [0.1, 0.15) is 0 Å². The van der Waals surface area contributed by atoms with Crippen molar-refractivity contribution in [1.29, 1.82) is 0 Å². The fourth-order valence-corrected chi connectivity index (χ4v) is 4.91. The Labute approximate surface area is 169 Å². The Morgan fingerprint density at radius 1 is 1.14 bits per heavy atom. The summed E-state index contributed by atoms with van der Waals surface area (Å²) in [4.78, 5) is 57.4. The van der Waals surface area contributed by atoms with E-state index in [1.165, 1.54) is 14.1 Å². The number of carbonyl (C=O) groups is 4. The molecule has 9 heteroatoms. The van der Waals surface area contributed by atoms with E-state index in [1.54, 1.807) is 24.0 Å². The van der Waals surface area contributed by atoms with Crippen molar-refractivity contribution in [3.8, 4) is 0 Å². The van der Waals surface area contributed by atoms with Gasteiger partial charge in [-0.15, -0.1) is 0 Å². The highest BCUT2D eigenvalue weighted by atomic mass is 16.2. The highest BCUT2D eigenvalue weighted by Crippen LogP contribution is 2.47. The van der Waals surface area contributed by atoms with Crippen LogP contribution in [-0.2, 0) is 20.8 Å². The van der Waals surface area contributed by atoms with Crippen LogP contribution in [0.4, 0.5) is 16.2 Å². The largest absolute Gasteiger partial charge is 0.399 e. The molecule has 2 N–H and O–H groups in total. The molecule has 1 atom stereocenters. The summed E-state index contributed by atoms with van der Waals surface area (Å²) >= 11 is 0. The third-order valence-corrected chi connectivity index (χ3v) is 6.43. The quantitative estimate of drug-likeness (QED) is 0.537. The predicted molar refractivity (Wildman–Crippen MR) is 106 cm³/mol. The molecular formula is C20H25N5O4. The highest BCUT2D eigenvalue weighted by Gasteiger charge is 2.64. The average Bonchev–Trinajstić information content (AvgIpc) is 2.73. The molecule has 1 spiro atoms.